The third-order valence-electron chi connectivity index (χ3n) is 6.78. The van der Waals surface area contributed by atoms with E-state index in [0.29, 0.717) is 0 Å². The summed E-state index contributed by atoms with van der Waals surface area (Å²) in [6, 6.07) is 27.1. The monoisotopic (exact) mass is 385 g/mol. The summed E-state index contributed by atoms with van der Waals surface area (Å²) in [4.78, 5) is 7.93. The molecule has 0 N–H and O–H groups in total. The maximum Gasteiger partial charge on any atom is 0.0367 e. The van der Waals surface area contributed by atoms with Crippen LogP contribution in [-0.4, -0.2) is 55.1 Å². The number of para-hydroxylation sites is 1. The van der Waals surface area contributed by atoms with Crippen LogP contribution in [0, 0.1) is 0 Å². The Balaban J connectivity index is 1.14. The zero-order chi connectivity index (χ0) is 19.5. The first kappa shape index (κ1) is 18.7. The van der Waals surface area contributed by atoms with Gasteiger partial charge in [-0.25, -0.2) is 0 Å². The van der Waals surface area contributed by atoms with Gasteiger partial charge in [0.15, 0.2) is 0 Å². The Morgan fingerprint density at radius 1 is 0.655 bits per heavy atom. The minimum absolute atomic E-state index is 0.761. The molecule has 0 aromatic heterocycles. The molecule has 2 saturated heterocycles. The molecule has 0 atom stereocenters. The van der Waals surface area contributed by atoms with Crippen molar-refractivity contribution in [3.63, 3.8) is 0 Å². The van der Waals surface area contributed by atoms with Gasteiger partial charge >= 0.3 is 0 Å². The molecule has 2 aliphatic rings. The molecule has 0 spiro atoms. The van der Waals surface area contributed by atoms with Gasteiger partial charge in [0.05, 0.1) is 0 Å². The lowest BCUT2D eigenvalue weighted by atomic mass is 10.00. The van der Waals surface area contributed by atoms with Gasteiger partial charge in [-0.05, 0) is 54.4 Å². The van der Waals surface area contributed by atoms with E-state index in [2.05, 4.69) is 87.5 Å². The highest BCUT2D eigenvalue weighted by Gasteiger charge is 2.27. The second kappa shape index (κ2) is 8.56. The molecule has 0 radical (unpaired) electrons. The van der Waals surface area contributed by atoms with E-state index in [4.69, 9.17) is 0 Å². The molecular formula is C26H31N3. The van der Waals surface area contributed by atoms with Crippen molar-refractivity contribution in [2.75, 3.05) is 44.2 Å². The molecule has 0 saturated carbocycles. The van der Waals surface area contributed by atoms with Crippen LogP contribution in [0.25, 0.3) is 10.8 Å². The summed E-state index contributed by atoms with van der Waals surface area (Å²) in [5.41, 5.74) is 2.84. The lowest BCUT2D eigenvalue weighted by Gasteiger charge is -2.43. The smallest absolute Gasteiger partial charge is 0.0367 e. The van der Waals surface area contributed by atoms with Crippen LogP contribution in [-0.2, 0) is 6.54 Å². The van der Waals surface area contributed by atoms with E-state index < -0.39 is 0 Å². The van der Waals surface area contributed by atoms with Gasteiger partial charge in [0.2, 0.25) is 0 Å². The fraction of sp³-hybridized carbons (Fsp3) is 0.385. The van der Waals surface area contributed by atoms with E-state index in [-0.39, 0.29) is 0 Å². The molecule has 2 aliphatic heterocycles. The molecular weight excluding hydrogens is 354 g/mol. The van der Waals surface area contributed by atoms with Gasteiger partial charge in [-0.1, -0.05) is 60.7 Å². The minimum atomic E-state index is 0.761. The molecule has 2 heterocycles. The van der Waals surface area contributed by atoms with Crippen LogP contribution in [0.3, 0.4) is 0 Å². The predicted octanol–water partition coefficient (Wildman–Crippen LogP) is 4.63. The Kier molecular flexibility index (Phi) is 5.51. The third-order valence-corrected chi connectivity index (χ3v) is 6.78. The number of fused-ring (bicyclic) bond motifs is 1. The van der Waals surface area contributed by atoms with Gasteiger partial charge in [0, 0.05) is 44.5 Å². The Bertz CT molecular complexity index is 918. The summed E-state index contributed by atoms with van der Waals surface area (Å²) in [6.07, 6.45) is 2.60. The molecule has 5 rings (SSSR count). The SMILES string of the molecule is c1ccc(N2CCN(C3CCN(Cc4cccc5ccccc45)CC3)CC2)cc1. The minimum Gasteiger partial charge on any atom is -0.369 e. The first-order valence-corrected chi connectivity index (χ1v) is 11.1. The van der Waals surface area contributed by atoms with Gasteiger partial charge in [-0.15, -0.1) is 0 Å². The van der Waals surface area contributed by atoms with E-state index in [1.54, 1.807) is 0 Å². The number of benzene rings is 3. The highest BCUT2D eigenvalue weighted by molar-refractivity contribution is 5.85. The number of likely N-dealkylation sites (tertiary alicyclic amines) is 1. The quantitative estimate of drug-likeness (QED) is 0.648. The summed E-state index contributed by atoms with van der Waals surface area (Å²) in [7, 11) is 0. The maximum atomic E-state index is 2.74. The standard InChI is InChI=1S/C26H31N3/c1-2-10-24(11-3-1)28-17-19-29(20-18-28)25-13-15-27(16-14-25)21-23-9-6-8-22-7-4-5-12-26(22)23/h1-12,25H,13-21H2. The number of hydrogen-bond acceptors (Lipinski definition) is 3. The largest absolute Gasteiger partial charge is 0.369 e. The zero-order valence-electron chi connectivity index (χ0n) is 17.2. The molecule has 2 fully saturated rings. The van der Waals surface area contributed by atoms with Crippen LogP contribution in [0.5, 0.6) is 0 Å². The third kappa shape index (κ3) is 4.17. The first-order chi connectivity index (χ1) is 14.4. The fourth-order valence-corrected chi connectivity index (χ4v) is 5.10. The molecule has 3 heteroatoms. The average molecular weight is 386 g/mol. The second-order valence-electron chi connectivity index (χ2n) is 8.50. The van der Waals surface area contributed by atoms with Crippen molar-refractivity contribution in [2.45, 2.75) is 25.4 Å². The Morgan fingerprint density at radius 3 is 2.14 bits per heavy atom. The van der Waals surface area contributed by atoms with E-state index >= 15 is 0 Å². The molecule has 150 valence electrons. The van der Waals surface area contributed by atoms with Crippen LogP contribution in [0.1, 0.15) is 18.4 Å². The molecule has 3 aromatic rings. The van der Waals surface area contributed by atoms with Gasteiger partial charge in [-0.2, -0.15) is 0 Å². The van der Waals surface area contributed by atoms with Gasteiger partial charge < -0.3 is 4.90 Å². The average Bonchev–Trinajstić information content (AvgIpc) is 2.81. The van der Waals surface area contributed by atoms with E-state index in [9.17, 15) is 0 Å². The van der Waals surface area contributed by atoms with Crippen molar-refractivity contribution < 1.29 is 0 Å². The van der Waals surface area contributed by atoms with E-state index in [0.717, 1.165) is 25.7 Å². The molecule has 0 amide bonds. The normalized spacial score (nSPS) is 19.7. The Morgan fingerprint density at radius 2 is 1.34 bits per heavy atom. The molecule has 3 aromatic carbocycles. The van der Waals surface area contributed by atoms with Crippen LogP contribution < -0.4 is 4.90 Å². The molecule has 3 nitrogen and oxygen atoms in total. The molecule has 0 unspecified atom stereocenters. The summed E-state index contributed by atoms with van der Waals surface area (Å²) in [6.45, 7) is 8.21. The van der Waals surface area contributed by atoms with Gasteiger partial charge in [0.25, 0.3) is 0 Å². The van der Waals surface area contributed by atoms with Crippen molar-refractivity contribution in [3.05, 3.63) is 78.4 Å². The number of piperazine rings is 1. The van der Waals surface area contributed by atoms with Crippen LogP contribution in [0.15, 0.2) is 72.8 Å². The summed E-state index contributed by atoms with van der Waals surface area (Å²) >= 11 is 0. The molecule has 29 heavy (non-hydrogen) atoms. The number of piperidine rings is 1. The van der Waals surface area contributed by atoms with Gasteiger partial charge in [-0.3, -0.25) is 9.80 Å². The van der Waals surface area contributed by atoms with Crippen LogP contribution >= 0.6 is 0 Å². The number of rotatable bonds is 4. The predicted molar refractivity (Wildman–Crippen MR) is 122 cm³/mol. The zero-order valence-corrected chi connectivity index (χ0v) is 17.2. The van der Waals surface area contributed by atoms with Crippen molar-refractivity contribution in [1.29, 1.82) is 0 Å². The highest BCUT2D eigenvalue weighted by atomic mass is 15.3. The summed E-state index contributed by atoms with van der Waals surface area (Å²) in [5.74, 6) is 0. The van der Waals surface area contributed by atoms with E-state index in [1.807, 2.05) is 0 Å². The fourth-order valence-electron chi connectivity index (χ4n) is 5.10. The molecule has 0 aliphatic carbocycles. The lowest BCUT2D eigenvalue weighted by Crippen LogP contribution is -2.53. The van der Waals surface area contributed by atoms with Crippen molar-refractivity contribution in [3.8, 4) is 0 Å². The van der Waals surface area contributed by atoms with Crippen molar-refractivity contribution in [2.24, 2.45) is 0 Å². The summed E-state index contributed by atoms with van der Waals surface area (Å²) < 4.78 is 0. The van der Waals surface area contributed by atoms with Crippen molar-refractivity contribution in [1.82, 2.24) is 9.80 Å². The summed E-state index contributed by atoms with van der Waals surface area (Å²) in [5, 5.41) is 2.77. The van der Waals surface area contributed by atoms with E-state index in [1.165, 1.54) is 61.0 Å². The second-order valence-corrected chi connectivity index (χ2v) is 8.50. The highest BCUT2D eigenvalue weighted by Crippen LogP contribution is 2.24. The number of nitrogens with zero attached hydrogens (tertiary/aromatic N) is 3. The Labute approximate surface area is 174 Å². The number of anilines is 1. The lowest BCUT2D eigenvalue weighted by molar-refractivity contribution is 0.100. The maximum absolute atomic E-state index is 2.74. The van der Waals surface area contributed by atoms with Gasteiger partial charge in [0.1, 0.15) is 0 Å². The van der Waals surface area contributed by atoms with Crippen molar-refractivity contribution >= 4 is 16.5 Å². The Hall–Kier alpha value is -2.36. The van der Waals surface area contributed by atoms with Crippen LogP contribution in [0.2, 0.25) is 0 Å². The van der Waals surface area contributed by atoms with Crippen LogP contribution in [0.4, 0.5) is 5.69 Å². The molecule has 0 bridgehead atoms. The first-order valence-electron chi connectivity index (χ1n) is 11.1. The topological polar surface area (TPSA) is 9.72 Å². The number of hydrogen-bond donors (Lipinski definition) is 0.